The maximum Gasteiger partial charge on any atom is 0.293 e. The number of pyridine rings is 1. The van der Waals surface area contributed by atoms with Crippen molar-refractivity contribution < 1.29 is 37.8 Å². The van der Waals surface area contributed by atoms with Crippen molar-refractivity contribution in [1.29, 1.82) is 0 Å². The molecule has 1 aliphatic carbocycles. The summed E-state index contributed by atoms with van der Waals surface area (Å²) >= 11 is 6.58. The number of nitrogens with zero attached hydrogens (tertiary/aromatic N) is 6. The molecule has 3 saturated heterocycles. The number of fused-ring (bicyclic) bond motifs is 2. The molecule has 4 fully saturated rings. The highest BCUT2D eigenvalue weighted by molar-refractivity contribution is 6.33. The van der Waals surface area contributed by atoms with E-state index < -0.39 is 41.8 Å². The number of halogens is 2. The highest BCUT2D eigenvalue weighted by atomic mass is 35.5. The zero-order valence-corrected chi connectivity index (χ0v) is 37.1. The molecule has 9 rings (SSSR count). The van der Waals surface area contributed by atoms with Crippen LogP contribution in [-0.4, -0.2) is 124 Å². The van der Waals surface area contributed by atoms with E-state index in [-0.39, 0.29) is 78.6 Å². The molecule has 342 valence electrons. The Balaban J connectivity index is 0.755. The summed E-state index contributed by atoms with van der Waals surface area (Å²) in [4.78, 5) is 90.2. The Morgan fingerprint density at radius 1 is 0.954 bits per heavy atom. The first-order valence-electron chi connectivity index (χ1n) is 22.2. The molecule has 1 saturated carbocycles. The van der Waals surface area contributed by atoms with Crippen LogP contribution in [0.5, 0.6) is 5.75 Å². The number of hydrogen-bond acceptors (Lipinski definition) is 13. The standard InChI is InChI=1S/C46H51ClFN9O8/c1-24(2)56-36-7-5-27(16-26(36)18-38(45(56)63)64-23-40(59)49-3)51-41-34(47)21-50-46(53-41)54-13-10-29(11-14-54)65-30-19-28(20-30)55-15-12-31(35(48)22-55)25-4-6-32-33(17-25)44(62)57(43(32)61)37-8-9-39(58)52-42(37)60/h4-7,16-18,21,24,28-31,35,37H,8-15,19-20,22-23H2,1-3H3,(H,49,59)(H,50,51,53)(H,52,58,60)/t28?,30?,31-,35-,37?/m0/s1. The summed E-state index contributed by atoms with van der Waals surface area (Å²) in [6, 6.07) is 11.1. The quantitative estimate of drug-likeness (QED) is 0.167. The van der Waals surface area contributed by atoms with Crippen molar-refractivity contribution >= 4 is 69.5 Å². The van der Waals surface area contributed by atoms with Crippen LogP contribution in [-0.2, 0) is 19.1 Å². The Hall–Kier alpha value is -5.98. The molecule has 65 heavy (non-hydrogen) atoms. The van der Waals surface area contributed by atoms with Crippen molar-refractivity contribution in [2.75, 3.05) is 50.1 Å². The fraction of sp³-hybridized carbons (Fsp3) is 0.478. The number of hydrogen-bond donors (Lipinski definition) is 3. The van der Waals surface area contributed by atoms with Crippen LogP contribution in [0.3, 0.4) is 0 Å². The number of anilines is 3. The van der Waals surface area contributed by atoms with E-state index in [0.29, 0.717) is 59.6 Å². The number of alkyl halides is 1. The number of amides is 5. The molecule has 0 radical (unpaired) electrons. The van der Waals surface area contributed by atoms with Crippen molar-refractivity contribution in [3.63, 3.8) is 0 Å². The lowest BCUT2D eigenvalue weighted by Gasteiger charge is -2.47. The van der Waals surface area contributed by atoms with Gasteiger partial charge in [-0.05, 0) is 101 Å². The van der Waals surface area contributed by atoms with Gasteiger partial charge < -0.3 is 29.6 Å². The molecule has 2 aromatic carbocycles. The summed E-state index contributed by atoms with van der Waals surface area (Å²) in [5, 5.41) is 9.08. The van der Waals surface area contributed by atoms with Crippen LogP contribution in [0.15, 0.2) is 53.5 Å². The van der Waals surface area contributed by atoms with Gasteiger partial charge >= 0.3 is 0 Å². The number of imide groups is 2. The zero-order valence-electron chi connectivity index (χ0n) is 36.4. The van der Waals surface area contributed by atoms with Crippen molar-refractivity contribution in [1.82, 2.24) is 35.0 Å². The molecule has 5 amide bonds. The minimum absolute atomic E-state index is 0.0399. The predicted octanol–water partition coefficient (Wildman–Crippen LogP) is 4.64. The zero-order chi connectivity index (χ0) is 45.7. The third-order valence-electron chi connectivity index (χ3n) is 13.3. The molecule has 3 N–H and O–H groups in total. The monoisotopic (exact) mass is 911 g/mol. The topological polar surface area (TPSA) is 197 Å². The Morgan fingerprint density at radius 2 is 1.72 bits per heavy atom. The first-order valence-corrected chi connectivity index (χ1v) is 22.6. The summed E-state index contributed by atoms with van der Waals surface area (Å²) in [6.45, 7) is 5.88. The molecule has 4 aliphatic heterocycles. The lowest BCUT2D eigenvalue weighted by molar-refractivity contribution is -0.136. The third kappa shape index (κ3) is 8.78. The number of carbonyl (C=O) groups is 5. The van der Waals surface area contributed by atoms with E-state index in [9.17, 15) is 28.8 Å². The highest BCUT2D eigenvalue weighted by Crippen LogP contribution is 2.39. The first kappa shape index (κ1) is 44.2. The van der Waals surface area contributed by atoms with Gasteiger partial charge in [-0.2, -0.15) is 4.98 Å². The second-order valence-corrected chi connectivity index (χ2v) is 18.1. The van der Waals surface area contributed by atoms with E-state index in [1.807, 2.05) is 32.0 Å². The van der Waals surface area contributed by atoms with Gasteiger partial charge in [0.2, 0.25) is 17.8 Å². The lowest BCUT2D eigenvalue weighted by Crippen LogP contribution is -2.54. The van der Waals surface area contributed by atoms with Crippen LogP contribution in [0.4, 0.5) is 21.8 Å². The number of aromatic nitrogens is 3. The third-order valence-corrected chi connectivity index (χ3v) is 13.6. The van der Waals surface area contributed by atoms with E-state index in [1.165, 1.54) is 7.05 Å². The molecule has 3 atom stereocenters. The van der Waals surface area contributed by atoms with Crippen LogP contribution >= 0.6 is 11.6 Å². The Morgan fingerprint density at radius 3 is 2.45 bits per heavy atom. The number of rotatable bonds is 12. The largest absolute Gasteiger partial charge is 0.478 e. The summed E-state index contributed by atoms with van der Waals surface area (Å²) in [5.74, 6) is -2.00. The Kier molecular flexibility index (Phi) is 12.3. The molecule has 0 spiro atoms. The van der Waals surface area contributed by atoms with Gasteiger partial charge in [0.15, 0.2) is 18.2 Å². The molecule has 17 nitrogen and oxygen atoms in total. The SMILES string of the molecule is CNC(=O)COc1cc2cc(Nc3nc(N4CCC(OC5CC(N6CC[C@@H](c7ccc8c(c7)C(=O)N(C7CCC(=O)NC7=O)C8=O)[C@@H](F)C6)C5)CC4)ncc3Cl)ccc2n(C(C)C)c1=O. The van der Waals surface area contributed by atoms with Gasteiger partial charge in [0, 0.05) is 62.2 Å². The average Bonchev–Trinajstić information content (AvgIpc) is 3.52. The molecule has 2 aromatic heterocycles. The fourth-order valence-electron chi connectivity index (χ4n) is 9.73. The minimum Gasteiger partial charge on any atom is -0.478 e. The van der Waals surface area contributed by atoms with Gasteiger partial charge in [0.25, 0.3) is 23.3 Å². The number of likely N-dealkylation sites (N-methyl/N-ethyl adjacent to an activating group) is 1. The van der Waals surface area contributed by atoms with E-state index in [1.54, 1.807) is 35.0 Å². The van der Waals surface area contributed by atoms with Crippen molar-refractivity contribution in [2.24, 2.45) is 0 Å². The molecule has 6 heterocycles. The number of benzene rings is 2. The van der Waals surface area contributed by atoms with Crippen LogP contribution in [0.1, 0.15) is 97.0 Å². The summed E-state index contributed by atoms with van der Waals surface area (Å²) in [7, 11) is 1.50. The second-order valence-electron chi connectivity index (χ2n) is 17.7. The number of likely N-dealkylation sites (tertiary alicyclic amines) is 1. The maximum atomic E-state index is 15.9. The van der Waals surface area contributed by atoms with Gasteiger partial charge in [-0.15, -0.1) is 0 Å². The van der Waals surface area contributed by atoms with Gasteiger partial charge in [-0.3, -0.25) is 43.9 Å². The maximum absolute atomic E-state index is 15.9. The molecular formula is C46H51ClFN9O8. The summed E-state index contributed by atoms with van der Waals surface area (Å²) in [5.41, 5.74) is 2.09. The average molecular weight is 912 g/mol. The Bertz CT molecular complexity index is 2630. The van der Waals surface area contributed by atoms with Crippen molar-refractivity contribution in [2.45, 2.75) is 101 Å². The number of nitrogens with one attached hydrogen (secondary N) is 3. The normalized spacial score (nSPS) is 24.0. The van der Waals surface area contributed by atoms with E-state index >= 15 is 4.39 Å². The molecular weight excluding hydrogens is 861 g/mol. The van der Waals surface area contributed by atoms with E-state index in [2.05, 4.69) is 30.7 Å². The molecule has 4 aromatic rings. The lowest BCUT2D eigenvalue weighted by atomic mass is 9.82. The van der Waals surface area contributed by atoms with Crippen LogP contribution < -0.4 is 31.1 Å². The molecule has 5 aliphatic rings. The predicted molar refractivity (Wildman–Crippen MR) is 239 cm³/mol. The smallest absolute Gasteiger partial charge is 0.293 e. The van der Waals surface area contributed by atoms with Gasteiger partial charge in [0.05, 0.1) is 35.0 Å². The number of carbonyl (C=O) groups excluding carboxylic acids is 5. The van der Waals surface area contributed by atoms with Gasteiger partial charge in [-0.25, -0.2) is 9.37 Å². The number of ether oxygens (including phenoxy) is 2. The van der Waals surface area contributed by atoms with E-state index in [0.717, 1.165) is 36.0 Å². The molecule has 19 heteroatoms. The fourth-order valence-corrected chi connectivity index (χ4v) is 9.87. The Labute approximate surface area is 379 Å². The van der Waals surface area contributed by atoms with Crippen LogP contribution in [0.2, 0.25) is 5.02 Å². The van der Waals surface area contributed by atoms with E-state index in [4.69, 9.17) is 26.1 Å². The van der Waals surface area contributed by atoms with Crippen molar-refractivity contribution in [3.8, 4) is 5.75 Å². The highest BCUT2D eigenvalue weighted by Gasteiger charge is 2.46. The van der Waals surface area contributed by atoms with Gasteiger partial charge in [-0.1, -0.05) is 17.7 Å². The summed E-state index contributed by atoms with van der Waals surface area (Å²) < 4.78 is 29.7. The molecule has 0 bridgehead atoms. The van der Waals surface area contributed by atoms with Crippen molar-refractivity contribution in [3.05, 3.63) is 80.7 Å². The minimum atomic E-state index is -1.16. The van der Waals surface area contributed by atoms with Gasteiger partial charge in [0.1, 0.15) is 17.2 Å². The number of piperidine rings is 3. The van der Waals surface area contributed by atoms with Crippen LogP contribution in [0, 0.1) is 0 Å². The summed E-state index contributed by atoms with van der Waals surface area (Å²) in [6.07, 6.45) is 4.50. The second kappa shape index (κ2) is 18.1. The molecule has 1 unspecified atom stereocenters. The first-order chi connectivity index (χ1) is 31.3. The van der Waals surface area contributed by atoms with Crippen LogP contribution in [0.25, 0.3) is 10.9 Å².